The number of benzene rings is 1. The number of fused-ring (bicyclic) bond motifs is 1. The molecule has 7 heteroatoms. The Labute approximate surface area is 172 Å². The summed E-state index contributed by atoms with van der Waals surface area (Å²) in [6, 6.07) is 11.7. The van der Waals surface area contributed by atoms with E-state index in [1.165, 1.54) is 29.5 Å². The van der Waals surface area contributed by atoms with Crippen LogP contribution in [-0.4, -0.2) is 38.7 Å². The summed E-state index contributed by atoms with van der Waals surface area (Å²) in [4.78, 5) is 33.4. The van der Waals surface area contributed by atoms with E-state index < -0.39 is 0 Å². The van der Waals surface area contributed by atoms with Crippen molar-refractivity contribution in [2.75, 3.05) is 12.3 Å². The molecule has 3 heterocycles. The third-order valence-corrected chi connectivity index (χ3v) is 6.95. The van der Waals surface area contributed by atoms with Crippen molar-refractivity contribution in [3.8, 4) is 5.69 Å². The van der Waals surface area contributed by atoms with Crippen molar-refractivity contribution in [3.63, 3.8) is 0 Å². The van der Waals surface area contributed by atoms with Gasteiger partial charge in [0.15, 0.2) is 5.16 Å². The summed E-state index contributed by atoms with van der Waals surface area (Å²) in [6.07, 6.45) is 4.34. The maximum Gasteiger partial charge on any atom is 0.267 e. The lowest BCUT2D eigenvalue weighted by Crippen LogP contribution is -2.44. The first-order valence-corrected chi connectivity index (χ1v) is 11.5. The Morgan fingerprint density at radius 2 is 2.07 bits per heavy atom. The summed E-state index contributed by atoms with van der Waals surface area (Å²) in [5.74, 6) is 0.434. The molecule has 1 saturated heterocycles. The van der Waals surface area contributed by atoms with E-state index in [1.54, 1.807) is 4.57 Å². The van der Waals surface area contributed by atoms with Crippen molar-refractivity contribution >= 4 is 39.2 Å². The third kappa shape index (κ3) is 3.73. The number of thiophene rings is 1. The second-order valence-electron chi connectivity index (χ2n) is 6.94. The number of hydrogen-bond acceptors (Lipinski definition) is 5. The molecule has 1 aliphatic heterocycles. The Kier molecular flexibility index (Phi) is 5.82. The van der Waals surface area contributed by atoms with Gasteiger partial charge in [-0.25, -0.2) is 4.98 Å². The minimum atomic E-state index is -0.0863. The van der Waals surface area contributed by atoms with Crippen molar-refractivity contribution in [1.29, 1.82) is 0 Å². The standard InChI is InChI=1S/C21H23N3O2S2/c1-2-15-8-6-7-12-23(15)18(25)14-28-21-22-19-17(11-13-27-19)20(26)24(21)16-9-4-3-5-10-16/h3-5,9-11,13,15H,2,6-8,12,14H2,1H3/t15-/m1/s1. The van der Waals surface area contributed by atoms with Crippen LogP contribution < -0.4 is 5.56 Å². The zero-order valence-corrected chi connectivity index (χ0v) is 17.5. The lowest BCUT2D eigenvalue weighted by Gasteiger charge is -2.35. The Hall–Kier alpha value is -2.12. The predicted octanol–water partition coefficient (Wildman–Crippen LogP) is 4.33. The molecule has 1 amide bonds. The summed E-state index contributed by atoms with van der Waals surface area (Å²) in [7, 11) is 0. The Balaban J connectivity index is 1.65. The van der Waals surface area contributed by atoms with Crippen LogP contribution in [-0.2, 0) is 4.79 Å². The molecular weight excluding hydrogens is 390 g/mol. The summed E-state index contributed by atoms with van der Waals surface area (Å²) in [5, 5.41) is 3.07. The lowest BCUT2D eigenvalue weighted by molar-refractivity contribution is -0.132. The molecule has 0 saturated carbocycles. The first kappa shape index (κ1) is 19.2. The molecule has 0 unspecified atom stereocenters. The first-order valence-electron chi connectivity index (χ1n) is 9.67. The Bertz CT molecular complexity index is 1030. The van der Waals surface area contributed by atoms with Crippen LogP contribution in [0.1, 0.15) is 32.6 Å². The van der Waals surface area contributed by atoms with Crippen LogP contribution in [0, 0.1) is 0 Å². The van der Waals surface area contributed by atoms with Gasteiger partial charge >= 0.3 is 0 Å². The van der Waals surface area contributed by atoms with E-state index in [4.69, 9.17) is 4.98 Å². The maximum absolute atomic E-state index is 13.1. The molecule has 4 rings (SSSR count). The molecule has 3 aromatic rings. The molecule has 2 aromatic heterocycles. The molecular formula is C21H23N3O2S2. The molecule has 0 spiro atoms. The molecule has 28 heavy (non-hydrogen) atoms. The van der Waals surface area contributed by atoms with Crippen molar-refractivity contribution in [2.24, 2.45) is 0 Å². The number of thioether (sulfide) groups is 1. The van der Waals surface area contributed by atoms with Crippen molar-refractivity contribution in [3.05, 3.63) is 52.1 Å². The quantitative estimate of drug-likeness (QED) is 0.461. The number of carbonyl (C=O) groups is 1. The van der Waals surface area contributed by atoms with Crippen molar-refractivity contribution in [2.45, 2.75) is 43.8 Å². The topological polar surface area (TPSA) is 55.2 Å². The van der Waals surface area contributed by atoms with Gasteiger partial charge in [0.25, 0.3) is 5.56 Å². The molecule has 1 atom stereocenters. The SMILES string of the molecule is CC[C@@H]1CCCCN1C(=O)CSc1nc2sccc2c(=O)n1-c1ccccc1. The molecule has 0 bridgehead atoms. The molecule has 1 aliphatic rings. The lowest BCUT2D eigenvalue weighted by atomic mass is 10.0. The number of carbonyl (C=O) groups excluding carboxylic acids is 1. The number of amides is 1. The van der Waals surface area contributed by atoms with Crippen molar-refractivity contribution < 1.29 is 4.79 Å². The number of hydrogen-bond donors (Lipinski definition) is 0. The highest BCUT2D eigenvalue weighted by molar-refractivity contribution is 7.99. The summed E-state index contributed by atoms with van der Waals surface area (Å²) < 4.78 is 1.63. The van der Waals surface area contributed by atoms with E-state index >= 15 is 0 Å². The average Bonchev–Trinajstić information content (AvgIpc) is 3.21. The fourth-order valence-electron chi connectivity index (χ4n) is 3.76. The first-order chi connectivity index (χ1) is 13.7. The van der Waals surface area contributed by atoms with E-state index in [-0.39, 0.29) is 11.5 Å². The van der Waals surface area contributed by atoms with Crippen LogP contribution in [0.5, 0.6) is 0 Å². The number of piperidine rings is 1. The van der Waals surface area contributed by atoms with Gasteiger partial charge in [-0.2, -0.15) is 0 Å². The summed E-state index contributed by atoms with van der Waals surface area (Å²) in [6.45, 7) is 2.98. The highest BCUT2D eigenvalue weighted by Gasteiger charge is 2.26. The van der Waals surface area contributed by atoms with Crippen LogP contribution in [0.25, 0.3) is 15.9 Å². The minimum absolute atomic E-state index is 0.0863. The number of aromatic nitrogens is 2. The zero-order chi connectivity index (χ0) is 19.5. The third-order valence-electron chi connectivity index (χ3n) is 5.22. The van der Waals surface area contributed by atoms with Gasteiger partial charge in [-0.3, -0.25) is 14.2 Å². The van der Waals surface area contributed by atoms with Crippen LogP contribution in [0.2, 0.25) is 0 Å². The molecule has 0 radical (unpaired) electrons. The fraction of sp³-hybridized carbons (Fsp3) is 0.381. The highest BCUT2D eigenvalue weighted by Crippen LogP contribution is 2.26. The van der Waals surface area contributed by atoms with Gasteiger partial charge in [-0.15, -0.1) is 11.3 Å². The van der Waals surface area contributed by atoms with E-state index in [0.717, 1.165) is 36.3 Å². The highest BCUT2D eigenvalue weighted by atomic mass is 32.2. The van der Waals surface area contributed by atoms with Crippen LogP contribution >= 0.6 is 23.1 Å². The van der Waals surface area contributed by atoms with Gasteiger partial charge in [0.2, 0.25) is 5.91 Å². The summed E-state index contributed by atoms with van der Waals surface area (Å²) >= 11 is 2.81. The van der Waals surface area contributed by atoms with Crippen LogP contribution in [0.4, 0.5) is 0 Å². The monoisotopic (exact) mass is 413 g/mol. The van der Waals surface area contributed by atoms with Crippen LogP contribution in [0.15, 0.2) is 51.7 Å². The number of para-hydroxylation sites is 1. The normalized spacial score (nSPS) is 17.2. The molecule has 0 aliphatic carbocycles. The average molecular weight is 414 g/mol. The van der Waals surface area contributed by atoms with E-state index in [0.29, 0.717) is 22.3 Å². The van der Waals surface area contributed by atoms with Gasteiger partial charge in [0, 0.05) is 12.6 Å². The number of nitrogens with zero attached hydrogens (tertiary/aromatic N) is 3. The Morgan fingerprint density at radius 3 is 2.86 bits per heavy atom. The van der Waals surface area contributed by atoms with Gasteiger partial charge in [0.05, 0.1) is 16.8 Å². The molecule has 1 fully saturated rings. The van der Waals surface area contributed by atoms with Gasteiger partial charge in [-0.05, 0) is 49.3 Å². The fourth-order valence-corrected chi connectivity index (χ4v) is 5.46. The smallest absolute Gasteiger partial charge is 0.267 e. The molecule has 146 valence electrons. The molecule has 1 aromatic carbocycles. The number of likely N-dealkylation sites (tertiary alicyclic amines) is 1. The molecule has 0 N–H and O–H groups in total. The van der Waals surface area contributed by atoms with E-state index in [2.05, 4.69) is 6.92 Å². The number of rotatable bonds is 5. The van der Waals surface area contributed by atoms with Gasteiger partial charge < -0.3 is 4.90 Å². The van der Waals surface area contributed by atoms with E-state index in [1.807, 2.05) is 46.7 Å². The maximum atomic E-state index is 13.1. The van der Waals surface area contributed by atoms with E-state index in [9.17, 15) is 9.59 Å². The molecule has 5 nitrogen and oxygen atoms in total. The van der Waals surface area contributed by atoms with Crippen LogP contribution in [0.3, 0.4) is 0 Å². The van der Waals surface area contributed by atoms with Crippen molar-refractivity contribution in [1.82, 2.24) is 14.5 Å². The second-order valence-corrected chi connectivity index (χ2v) is 8.78. The second kappa shape index (κ2) is 8.49. The summed E-state index contributed by atoms with van der Waals surface area (Å²) in [5.41, 5.74) is 0.685. The van der Waals surface area contributed by atoms with Gasteiger partial charge in [0.1, 0.15) is 4.83 Å². The van der Waals surface area contributed by atoms with Gasteiger partial charge in [-0.1, -0.05) is 36.9 Å². The Morgan fingerprint density at radius 1 is 1.25 bits per heavy atom. The predicted molar refractivity (Wildman–Crippen MR) is 116 cm³/mol. The minimum Gasteiger partial charge on any atom is -0.339 e. The largest absolute Gasteiger partial charge is 0.339 e. The zero-order valence-electron chi connectivity index (χ0n) is 15.8.